The number of carbonyl (C=O) groups excluding carboxylic acids is 3. The van der Waals surface area contributed by atoms with Crippen molar-refractivity contribution in [3.63, 3.8) is 0 Å². The van der Waals surface area contributed by atoms with Gasteiger partial charge in [0.05, 0.1) is 29.0 Å². The molecular formula is C27H31Cl2N5O5S2. The molecule has 1 aromatic carbocycles. The molecule has 3 aromatic rings. The Bertz CT molecular complexity index is 1430. The molecule has 0 bridgehead atoms. The van der Waals surface area contributed by atoms with Crippen molar-refractivity contribution in [1.29, 1.82) is 0 Å². The van der Waals surface area contributed by atoms with Crippen LogP contribution in [0.1, 0.15) is 59.7 Å². The number of nitrogens with zero attached hydrogens (tertiary/aromatic N) is 3. The van der Waals surface area contributed by atoms with Gasteiger partial charge in [0.2, 0.25) is 5.91 Å². The van der Waals surface area contributed by atoms with E-state index in [2.05, 4.69) is 20.8 Å². The predicted molar refractivity (Wildman–Crippen MR) is 160 cm³/mol. The minimum atomic E-state index is -0.533. The van der Waals surface area contributed by atoms with E-state index in [0.29, 0.717) is 37.3 Å². The van der Waals surface area contributed by atoms with E-state index in [-0.39, 0.29) is 31.6 Å². The lowest BCUT2D eigenvalue weighted by Crippen LogP contribution is -2.29. The highest BCUT2D eigenvalue weighted by atomic mass is 35.5. The Hall–Kier alpha value is -2.80. The molecule has 1 atom stereocenters. The van der Waals surface area contributed by atoms with E-state index in [4.69, 9.17) is 32.7 Å². The van der Waals surface area contributed by atoms with Crippen molar-refractivity contribution in [3.8, 4) is 5.75 Å². The maximum atomic E-state index is 13.2. The number of benzene rings is 1. The molecule has 0 aliphatic heterocycles. The Kier molecular flexibility index (Phi) is 10.9. The highest BCUT2D eigenvalue weighted by Crippen LogP contribution is 2.38. The van der Waals surface area contributed by atoms with E-state index >= 15 is 0 Å². The number of thiophene rings is 1. The number of thioether (sulfide) groups is 1. The summed E-state index contributed by atoms with van der Waals surface area (Å²) in [6, 6.07) is 4.74. The third kappa shape index (κ3) is 7.94. The lowest BCUT2D eigenvalue weighted by Gasteiger charge is -2.13. The summed E-state index contributed by atoms with van der Waals surface area (Å²) in [5.41, 5.74) is 1.49. The van der Waals surface area contributed by atoms with E-state index in [0.717, 1.165) is 42.5 Å². The number of aromatic nitrogens is 3. The molecule has 0 fully saturated rings. The van der Waals surface area contributed by atoms with Gasteiger partial charge in [-0.25, -0.2) is 4.79 Å². The van der Waals surface area contributed by atoms with Gasteiger partial charge in [0.1, 0.15) is 10.8 Å². The second-order valence-corrected chi connectivity index (χ2v) is 12.6. The topological polar surface area (TPSA) is 124 Å². The molecule has 4 rings (SSSR count). The first-order valence-corrected chi connectivity index (χ1v) is 15.6. The van der Waals surface area contributed by atoms with Crippen LogP contribution < -0.4 is 15.4 Å². The van der Waals surface area contributed by atoms with E-state index in [9.17, 15) is 14.4 Å². The Morgan fingerprint density at radius 1 is 1.17 bits per heavy atom. The van der Waals surface area contributed by atoms with Crippen molar-refractivity contribution in [2.45, 2.75) is 62.9 Å². The van der Waals surface area contributed by atoms with Crippen LogP contribution in [0.2, 0.25) is 10.0 Å². The standard InChI is InChI=1S/C27H31Cl2N5O5S2/c1-4-38-26(37)23-17-8-6-5-7-9-20(17)41-25(23)31-24(36)15(2)40-27-33-32-21(34(27)3)13-30-22(35)14-39-19-11-10-16(28)12-18(19)29/h10-12,15H,4-9,13-14H2,1-3H3,(H,30,35)(H,31,36)/t15-/m0/s1. The summed E-state index contributed by atoms with van der Waals surface area (Å²) < 4.78 is 12.5. The molecule has 14 heteroatoms. The molecule has 0 saturated heterocycles. The molecule has 2 N–H and O–H groups in total. The maximum Gasteiger partial charge on any atom is 0.341 e. The quantitative estimate of drug-likeness (QED) is 0.161. The number of hydrogen-bond acceptors (Lipinski definition) is 9. The molecule has 0 unspecified atom stereocenters. The fourth-order valence-corrected chi connectivity index (χ4v) is 6.82. The lowest BCUT2D eigenvalue weighted by molar-refractivity contribution is -0.123. The summed E-state index contributed by atoms with van der Waals surface area (Å²) in [6.07, 6.45) is 4.89. The highest BCUT2D eigenvalue weighted by Gasteiger charge is 2.28. The number of aryl methyl sites for hydroxylation is 1. The second kappa shape index (κ2) is 14.4. The van der Waals surface area contributed by atoms with Crippen molar-refractivity contribution in [1.82, 2.24) is 20.1 Å². The number of halogens is 2. The largest absolute Gasteiger partial charge is 0.482 e. The van der Waals surface area contributed by atoms with Crippen LogP contribution in [-0.4, -0.2) is 51.0 Å². The average molecular weight is 641 g/mol. The third-order valence-corrected chi connectivity index (χ3v) is 9.28. The number of hydrogen-bond donors (Lipinski definition) is 2. The summed E-state index contributed by atoms with van der Waals surface area (Å²) in [5.74, 6) is -0.169. The summed E-state index contributed by atoms with van der Waals surface area (Å²) in [4.78, 5) is 39.4. The Balaban J connectivity index is 1.34. The van der Waals surface area contributed by atoms with Crippen LogP contribution in [0.25, 0.3) is 0 Å². The van der Waals surface area contributed by atoms with E-state index in [1.807, 2.05) is 0 Å². The number of nitrogens with one attached hydrogen (secondary N) is 2. The third-order valence-electron chi connectivity index (χ3n) is 6.41. The first-order chi connectivity index (χ1) is 19.7. The van der Waals surface area contributed by atoms with Gasteiger partial charge >= 0.3 is 5.97 Å². The van der Waals surface area contributed by atoms with Crippen LogP contribution >= 0.6 is 46.3 Å². The number of rotatable bonds is 11. The fourth-order valence-electron chi connectivity index (χ4n) is 4.24. The molecule has 1 aliphatic carbocycles. The van der Waals surface area contributed by atoms with Crippen LogP contribution in [-0.2, 0) is 40.8 Å². The van der Waals surface area contributed by atoms with Crippen molar-refractivity contribution < 1.29 is 23.9 Å². The molecule has 0 spiro atoms. The molecule has 0 radical (unpaired) electrons. The van der Waals surface area contributed by atoms with Crippen LogP contribution in [0.5, 0.6) is 5.75 Å². The van der Waals surface area contributed by atoms with Crippen molar-refractivity contribution in [2.75, 3.05) is 18.5 Å². The normalized spacial score (nSPS) is 13.6. The minimum absolute atomic E-state index is 0.116. The van der Waals surface area contributed by atoms with Crippen LogP contribution in [0.15, 0.2) is 23.4 Å². The molecule has 2 aromatic heterocycles. The van der Waals surface area contributed by atoms with E-state index < -0.39 is 11.2 Å². The van der Waals surface area contributed by atoms with Gasteiger partial charge in [-0.1, -0.05) is 41.4 Å². The van der Waals surface area contributed by atoms with Gasteiger partial charge in [0.15, 0.2) is 17.6 Å². The smallest absolute Gasteiger partial charge is 0.341 e. The number of ether oxygens (including phenoxy) is 2. The number of anilines is 1. The van der Waals surface area contributed by atoms with E-state index in [1.54, 1.807) is 37.6 Å². The lowest BCUT2D eigenvalue weighted by atomic mass is 10.1. The zero-order valence-electron chi connectivity index (χ0n) is 22.9. The van der Waals surface area contributed by atoms with Crippen molar-refractivity contribution >= 4 is 69.1 Å². The van der Waals surface area contributed by atoms with Gasteiger partial charge in [-0.15, -0.1) is 21.5 Å². The van der Waals surface area contributed by atoms with E-state index in [1.165, 1.54) is 29.2 Å². The molecule has 10 nitrogen and oxygen atoms in total. The van der Waals surface area contributed by atoms with Gasteiger partial charge < -0.3 is 24.7 Å². The predicted octanol–water partition coefficient (Wildman–Crippen LogP) is 5.44. The van der Waals surface area contributed by atoms with Gasteiger partial charge in [-0.05, 0) is 63.3 Å². The van der Waals surface area contributed by atoms with Crippen molar-refractivity contribution in [3.05, 3.63) is 50.1 Å². The molecule has 220 valence electrons. The first-order valence-electron chi connectivity index (χ1n) is 13.2. The molecule has 41 heavy (non-hydrogen) atoms. The Morgan fingerprint density at radius 3 is 2.71 bits per heavy atom. The fraction of sp³-hybridized carbons (Fsp3) is 0.444. The van der Waals surface area contributed by atoms with Gasteiger partial charge in [-0.2, -0.15) is 0 Å². The second-order valence-electron chi connectivity index (χ2n) is 9.34. The first kappa shape index (κ1) is 31.1. The average Bonchev–Trinajstić information content (AvgIpc) is 3.36. The monoisotopic (exact) mass is 639 g/mol. The zero-order chi connectivity index (χ0) is 29.5. The minimum Gasteiger partial charge on any atom is -0.482 e. The number of fused-ring (bicyclic) bond motifs is 1. The summed E-state index contributed by atoms with van der Waals surface area (Å²) >= 11 is 14.6. The van der Waals surface area contributed by atoms with Crippen LogP contribution in [0.4, 0.5) is 5.00 Å². The van der Waals surface area contributed by atoms with Gasteiger partial charge in [0.25, 0.3) is 5.91 Å². The summed E-state index contributed by atoms with van der Waals surface area (Å²) in [7, 11) is 1.76. The number of carbonyl (C=O) groups is 3. The Morgan fingerprint density at radius 2 is 1.95 bits per heavy atom. The number of amides is 2. The molecule has 2 heterocycles. The van der Waals surface area contributed by atoms with Gasteiger partial charge in [0, 0.05) is 16.9 Å². The molecule has 0 saturated carbocycles. The van der Waals surface area contributed by atoms with Crippen molar-refractivity contribution in [2.24, 2.45) is 7.05 Å². The maximum absolute atomic E-state index is 13.2. The highest BCUT2D eigenvalue weighted by molar-refractivity contribution is 8.00. The molecule has 2 amide bonds. The number of esters is 1. The SMILES string of the molecule is CCOC(=O)c1c(NC(=O)[C@H](C)Sc2nnc(CNC(=O)COc3ccc(Cl)cc3Cl)n2C)sc2c1CCCCC2. The van der Waals surface area contributed by atoms with Crippen LogP contribution in [0.3, 0.4) is 0 Å². The summed E-state index contributed by atoms with van der Waals surface area (Å²) in [5, 5.41) is 15.3. The summed E-state index contributed by atoms with van der Waals surface area (Å²) in [6.45, 7) is 3.67. The van der Waals surface area contributed by atoms with Gasteiger partial charge in [-0.3, -0.25) is 9.59 Å². The Labute approximate surface area is 256 Å². The molecule has 1 aliphatic rings. The van der Waals surface area contributed by atoms with Crippen LogP contribution in [0, 0.1) is 0 Å². The zero-order valence-corrected chi connectivity index (χ0v) is 26.1. The molecular weight excluding hydrogens is 609 g/mol.